The number of hydrogen-bond donors (Lipinski definition) is 2. The predicted octanol–water partition coefficient (Wildman–Crippen LogP) is 1.10. The van der Waals surface area contributed by atoms with Crippen LogP contribution in [0.2, 0.25) is 0 Å². The lowest BCUT2D eigenvalue weighted by molar-refractivity contribution is -0.163. The van der Waals surface area contributed by atoms with Gasteiger partial charge >= 0.3 is 11.9 Å². The van der Waals surface area contributed by atoms with E-state index in [1.165, 1.54) is 12.2 Å². The van der Waals surface area contributed by atoms with Crippen LogP contribution in [0, 0.1) is 0 Å². The van der Waals surface area contributed by atoms with Crippen LogP contribution in [0.1, 0.15) is 0 Å². The summed E-state index contributed by atoms with van der Waals surface area (Å²) in [6, 6.07) is 0. The van der Waals surface area contributed by atoms with Crippen LogP contribution >= 0.6 is 0 Å². The standard InChI is InChI=1S/C14H12N2O4/c17-13(19-11-7-3-1-5-9-15-11)14(18)20-12-8-4-2-6-10-16-12/h1-10,15-16H. The molecule has 2 N–H and O–H groups in total. The minimum atomic E-state index is -1.12. The lowest BCUT2D eigenvalue weighted by Crippen LogP contribution is -2.25. The van der Waals surface area contributed by atoms with Crippen molar-refractivity contribution < 1.29 is 19.1 Å². The first-order valence-electron chi connectivity index (χ1n) is 5.80. The highest BCUT2D eigenvalue weighted by atomic mass is 16.6. The highest BCUT2D eigenvalue weighted by molar-refractivity contribution is 6.30. The van der Waals surface area contributed by atoms with Crippen molar-refractivity contribution in [2.45, 2.75) is 0 Å². The Bertz CT molecular complexity index is 528. The molecule has 0 fully saturated rings. The van der Waals surface area contributed by atoms with E-state index >= 15 is 0 Å². The molecule has 0 unspecified atom stereocenters. The summed E-state index contributed by atoms with van der Waals surface area (Å²) in [4.78, 5) is 23.1. The van der Waals surface area contributed by atoms with Crippen LogP contribution < -0.4 is 10.6 Å². The number of allylic oxidation sites excluding steroid dienone is 8. The van der Waals surface area contributed by atoms with Crippen LogP contribution in [-0.4, -0.2) is 11.9 Å². The molecule has 0 aromatic heterocycles. The van der Waals surface area contributed by atoms with Crippen LogP contribution in [-0.2, 0) is 19.1 Å². The number of nitrogens with one attached hydrogen (secondary N) is 2. The second-order valence-electron chi connectivity index (χ2n) is 3.62. The van der Waals surface area contributed by atoms with Gasteiger partial charge in [0, 0.05) is 12.4 Å². The highest BCUT2D eigenvalue weighted by Gasteiger charge is 2.21. The van der Waals surface area contributed by atoms with E-state index in [1.807, 2.05) is 0 Å². The van der Waals surface area contributed by atoms with Gasteiger partial charge in [-0.1, -0.05) is 24.3 Å². The SMILES string of the molecule is O=C(OC1=CC=CC=CN1)C(=O)OC1=CC=CC=CN1. The van der Waals surface area contributed by atoms with Gasteiger partial charge in [-0.25, -0.2) is 9.59 Å². The molecule has 0 radical (unpaired) electrons. The molecule has 0 saturated carbocycles. The third kappa shape index (κ3) is 4.02. The van der Waals surface area contributed by atoms with E-state index in [0.717, 1.165) is 0 Å². The second kappa shape index (κ2) is 6.79. The molecule has 0 atom stereocenters. The van der Waals surface area contributed by atoms with Gasteiger partial charge in [-0.3, -0.25) is 0 Å². The lowest BCUT2D eigenvalue weighted by atomic mass is 10.5. The van der Waals surface area contributed by atoms with Crippen LogP contribution in [0.5, 0.6) is 0 Å². The first-order valence-corrected chi connectivity index (χ1v) is 5.80. The average molecular weight is 272 g/mol. The third-order valence-electron chi connectivity index (χ3n) is 2.16. The number of rotatable bonds is 2. The molecule has 0 aliphatic carbocycles. The molecule has 20 heavy (non-hydrogen) atoms. The summed E-state index contributed by atoms with van der Waals surface area (Å²) < 4.78 is 9.70. The number of esters is 2. The Balaban J connectivity index is 1.90. The Labute approximate surface area is 115 Å². The molecule has 0 bridgehead atoms. The molecular weight excluding hydrogens is 260 g/mol. The molecule has 0 aromatic rings. The second-order valence-corrected chi connectivity index (χ2v) is 3.62. The molecule has 2 aliphatic heterocycles. The summed E-state index contributed by atoms with van der Waals surface area (Å²) in [6.07, 6.45) is 16.4. The smallest absolute Gasteiger partial charge is 0.401 e. The van der Waals surface area contributed by atoms with Crippen LogP contribution in [0.4, 0.5) is 0 Å². The molecule has 0 amide bonds. The van der Waals surface area contributed by atoms with Crippen molar-refractivity contribution in [3.05, 3.63) is 72.8 Å². The quantitative estimate of drug-likeness (QED) is 0.579. The zero-order chi connectivity index (χ0) is 14.2. The Kier molecular flexibility index (Phi) is 4.55. The van der Waals surface area contributed by atoms with Gasteiger partial charge < -0.3 is 20.1 Å². The molecule has 6 heteroatoms. The molecule has 102 valence electrons. The predicted molar refractivity (Wildman–Crippen MR) is 71.2 cm³/mol. The zero-order valence-corrected chi connectivity index (χ0v) is 10.4. The van der Waals surface area contributed by atoms with Crippen LogP contribution in [0.15, 0.2) is 72.8 Å². The monoisotopic (exact) mass is 272 g/mol. The minimum Gasteiger partial charge on any atom is -0.401 e. The first kappa shape index (κ1) is 13.4. The number of carbonyl (C=O) groups is 2. The van der Waals surface area contributed by atoms with Gasteiger partial charge in [-0.15, -0.1) is 0 Å². The summed E-state index contributed by atoms with van der Waals surface area (Å²) in [7, 11) is 0. The highest BCUT2D eigenvalue weighted by Crippen LogP contribution is 2.03. The Hall–Kier alpha value is -3.02. The number of carbonyl (C=O) groups excluding carboxylic acids is 2. The number of ether oxygens (including phenoxy) is 2. The fraction of sp³-hybridized carbons (Fsp3) is 0. The van der Waals surface area contributed by atoms with E-state index in [0.29, 0.717) is 0 Å². The average Bonchev–Trinajstić information content (AvgIpc) is 2.83. The summed E-state index contributed by atoms with van der Waals surface area (Å²) in [5.41, 5.74) is 0. The number of hydrogen-bond acceptors (Lipinski definition) is 6. The van der Waals surface area contributed by atoms with Crippen molar-refractivity contribution in [2.24, 2.45) is 0 Å². The zero-order valence-electron chi connectivity index (χ0n) is 10.4. The molecule has 2 rings (SSSR count). The minimum absolute atomic E-state index is 0.138. The maximum Gasteiger partial charge on any atom is 0.424 e. The summed E-state index contributed by atoms with van der Waals surface area (Å²) in [5.74, 6) is -1.96. The van der Waals surface area contributed by atoms with Crippen LogP contribution in [0.25, 0.3) is 0 Å². The maximum absolute atomic E-state index is 11.6. The molecule has 2 heterocycles. The van der Waals surface area contributed by atoms with Crippen molar-refractivity contribution >= 4 is 11.9 Å². The van der Waals surface area contributed by atoms with Gasteiger partial charge in [0.2, 0.25) is 11.8 Å². The largest absolute Gasteiger partial charge is 0.424 e. The van der Waals surface area contributed by atoms with E-state index < -0.39 is 11.9 Å². The van der Waals surface area contributed by atoms with Gasteiger partial charge in [0.05, 0.1) is 0 Å². The summed E-state index contributed by atoms with van der Waals surface area (Å²) in [6.45, 7) is 0. The first-order chi connectivity index (χ1) is 9.75. The summed E-state index contributed by atoms with van der Waals surface area (Å²) in [5, 5.41) is 5.39. The van der Waals surface area contributed by atoms with Gasteiger partial charge in [0.15, 0.2) is 0 Å². The van der Waals surface area contributed by atoms with Crippen molar-refractivity contribution in [1.29, 1.82) is 0 Å². The lowest BCUT2D eigenvalue weighted by Gasteiger charge is -2.08. The normalized spacial score (nSPS) is 16.0. The van der Waals surface area contributed by atoms with Crippen molar-refractivity contribution in [3.63, 3.8) is 0 Å². The maximum atomic E-state index is 11.6. The van der Waals surface area contributed by atoms with Gasteiger partial charge in [-0.05, 0) is 24.3 Å². The molecular formula is C14H12N2O4. The molecule has 2 aliphatic rings. The van der Waals surface area contributed by atoms with Gasteiger partial charge in [0.25, 0.3) is 0 Å². The van der Waals surface area contributed by atoms with E-state index in [-0.39, 0.29) is 11.8 Å². The van der Waals surface area contributed by atoms with Crippen molar-refractivity contribution in [2.75, 3.05) is 0 Å². The topological polar surface area (TPSA) is 76.7 Å². The fourth-order valence-corrected chi connectivity index (χ4v) is 1.29. The third-order valence-corrected chi connectivity index (χ3v) is 2.16. The van der Waals surface area contributed by atoms with E-state index in [2.05, 4.69) is 10.6 Å². The Morgan fingerprint density at radius 2 is 1.15 bits per heavy atom. The molecule has 0 aromatic carbocycles. The van der Waals surface area contributed by atoms with Gasteiger partial charge in [0.1, 0.15) is 0 Å². The van der Waals surface area contributed by atoms with Crippen molar-refractivity contribution in [1.82, 2.24) is 10.6 Å². The van der Waals surface area contributed by atoms with E-state index in [4.69, 9.17) is 9.47 Å². The molecule has 0 spiro atoms. The Morgan fingerprint density at radius 1 is 0.700 bits per heavy atom. The van der Waals surface area contributed by atoms with E-state index in [1.54, 1.807) is 48.9 Å². The summed E-state index contributed by atoms with van der Waals surface area (Å²) >= 11 is 0. The van der Waals surface area contributed by atoms with Crippen LogP contribution in [0.3, 0.4) is 0 Å². The molecule has 6 nitrogen and oxygen atoms in total. The molecule has 0 saturated heterocycles. The van der Waals surface area contributed by atoms with Gasteiger partial charge in [-0.2, -0.15) is 0 Å². The fourth-order valence-electron chi connectivity index (χ4n) is 1.29. The van der Waals surface area contributed by atoms with Crippen molar-refractivity contribution in [3.8, 4) is 0 Å². The Morgan fingerprint density at radius 3 is 1.60 bits per heavy atom. The van der Waals surface area contributed by atoms with E-state index in [9.17, 15) is 9.59 Å².